The van der Waals surface area contributed by atoms with Gasteiger partial charge in [0.25, 0.3) is 0 Å². The fourth-order valence-corrected chi connectivity index (χ4v) is 2.38. The predicted molar refractivity (Wildman–Crippen MR) is 82.6 cm³/mol. The average Bonchev–Trinajstić information content (AvgIpc) is 2.49. The topological polar surface area (TPSA) is 18.5 Å². The van der Waals surface area contributed by atoms with E-state index in [0.29, 0.717) is 13.2 Å². The van der Waals surface area contributed by atoms with Crippen LogP contribution in [-0.2, 0) is 16.1 Å². The highest BCUT2D eigenvalue weighted by Crippen LogP contribution is 2.20. The van der Waals surface area contributed by atoms with Crippen LogP contribution in [0.2, 0.25) is 0 Å². The van der Waals surface area contributed by atoms with E-state index < -0.39 is 0 Å². The molecular formula is C18H24O2. The van der Waals surface area contributed by atoms with Gasteiger partial charge >= 0.3 is 0 Å². The summed E-state index contributed by atoms with van der Waals surface area (Å²) in [5, 5.41) is 0. The fourth-order valence-electron chi connectivity index (χ4n) is 2.38. The van der Waals surface area contributed by atoms with Crippen molar-refractivity contribution in [3.63, 3.8) is 0 Å². The first kappa shape index (κ1) is 15.0. The fraction of sp³-hybridized carbons (Fsp3) is 0.444. The van der Waals surface area contributed by atoms with E-state index in [1.54, 1.807) is 0 Å². The molecule has 2 heteroatoms. The van der Waals surface area contributed by atoms with Gasteiger partial charge in [-0.15, -0.1) is 0 Å². The van der Waals surface area contributed by atoms with Crippen molar-refractivity contribution in [2.45, 2.75) is 45.0 Å². The van der Waals surface area contributed by atoms with Crippen molar-refractivity contribution in [1.29, 1.82) is 0 Å². The molecule has 1 heterocycles. The summed E-state index contributed by atoms with van der Waals surface area (Å²) >= 11 is 0. The van der Waals surface area contributed by atoms with Crippen LogP contribution in [0.1, 0.15) is 31.7 Å². The summed E-state index contributed by atoms with van der Waals surface area (Å²) in [6.45, 7) is 3.37. The van der Waals surface area contributed by atoms with Crippen LogP contribution in [0.4, 0.5) is 0 Å². The molecule has 1 aliphatic heterocycles. The van der Waals surface area contributed by atoms with Gasteiger partial charge in [0.1, 0.15) is 0 Å². The van der Waals surface area contributed by atoms with E-state index in [4.69, 9.17) is 9.47 Å². The molecule has 1 aliphatic rings. The molecule has 0 saturated carbocycles. The lowest BCUT2D eigenvalue weighted by atomic mass is 10.0. The lowest BCUT2D eigenvalue weighted by Crippen LogP contribution is -2.29. The molecule has 1 fully saturated rings. The molecule has 1 aromatic rings. The highest BCUT2D eigenvalue weighted by Gasteiger charge is 2.20. The van der Waals surface area contributed by atoms with Gasteiger partial charge in [0, 0.05) is 0 Å². The van der Waals surface area contributed by atoms with Crippen molar-refractivity contribution >= 4 is 0 Å². The van der Waals surface area contributed by atoms with Gasteiger partial charge in [-0.05, 0) is 31.7 Å². The van der Waals surface area contributed by atoms with Gasteiger partial charge in [0.05, 0.1) is 25.4 Å². The highest BCUT2D eigenvalue weighted by atomic mass is 16.5. The number of hydrogen-bond acceptors (Lipinski definition) is 2. The minimum Gasteiger partial charge on any atom is -0.374 e. The van der Waals surface area contributed by atoms with E-state index in [0.717, 1.165) is 12.8 Å². The molecule has 0 spiro atoms. The summed E-state index contributed by atoms with van der Waals surface area (Å²) in [5.41, 5.74) is 1.22. The van der Waals surface area contributed by atoms with Crippen LogP contribution in [0.25, 0.3) is 0 Å². The van der Waals surface area contributed by atoms with Crippen molar-refractivity contribution in [3.8, 4) is 0 Å². The lowest BCUT2D eigenvalue weighted by Gasteiger charge is -2.28. The lowest BCUT2D eigenvalue weighted by molar-refractivity contribution is -0.0715. The summed E-state index contributed by atoms with van der Waals surface area (Å²) in [5.74, 6) is 0. The van der Waals surface area contributed by atoms with E-state index in [1.165, 1.54) is 12.0 Å². The Morgan fingerprint density at radius 1 is 1.20 bits per heavy atom. The molecule has 0 N–H and O–H groups in total. The van der Waals surface area contributed by atoms with Crippen molar-refractivity contribution in [2.75, 3.05) is 6.61 Å². The van der Waals surface area contributed by atoms with Crippen LogP contribution in [-0.4, -0.2) is 18.8 Å². The number of benzene rings is 1. The van der Waals surface area contributed by atoms with E-state index in [-0.39, 0.29) is 12.2 Å². The Bertz CT molecular complexity index is 422. The molecule has 0 amide bonds. The molecule has 2 rings (SSSR count). The van der Waals surface area contributed by atoms with Crippen molar-refractivity contribution in [3.05, 3.63) is 60.2 Å². The molecule has 20 heavy (non-hydrogen) atoms. The van der Waals surface area contributed by atoms with Crippen molar-refractivity contribution in [1.82, 2.24) is 0 Å². The largest absolute Gasteiger partial charge is 0.374 e. The smallest absolute Gasteiger partial charge is 0.0816 e. The zero-order valence-electron chi connectivity index (χ0n) is 12.2. The van der Waals surface area contributed by atoms with Gasteiger partial charge in [-0.2, -0.15) is 0 Å². The first-order valence-corrected chi connectivity index (χ1v) is 7.45. The molecule has 108 valence electrons. The molecule has 1 aromatic carbocycles. The Kier molecular flexibility index (Phi) is 6.55. The van der Waals surface area contributed by atoms with Crippen molar-refractivity contribution in [2.24, 2.45) is 0 Å². The van der Waals surface area contributed by atoms with Crippen LogP contribution in [0, 0.1) is 0 Å². The Labute approximate surface area is 122 Å². The molecule has 0 radical (unpaired) electrons. The quantitative estimate of drug-likeness (QED) is 0.720. The summed E-state index contributed by atoms with van der Waals surface area (Å²) in [6, 6.07) is 10.3. The summed E-state index contributed by atoms with van der Waals surface area (Å²) < 4.78 is 11.8. The zero-order valence-corrected chi connectivity index (χ0v) is 12.2. The van der Waals surface area contributed by atoms with Crippen LogP contribution < -0.4 is 0 Å². The van der Waals surface area contributed by atoms with E-state index in [9.17, 15) is 0 Å². The Morgan fingerprint density at radius 2 is 2.05 bits per heavy atom. The molecule has 0 aliphatic carbocycles. The average molecular weight is 272 g/mol. The minimum atomic E-state index is 0.229. The third-order valence-electron chi connectivity index (χ3n) is 3.43. The summed E-state index contributed by atoms with van der Waals surface area (Å²) in [7, 11) is 0. The zero-order chi connectivity index (χ0) is 14.0. The third kappa shape index (κ3) is 5.32. The molecule has 0 bridgehead atoms. The first-order chi connectivity index (χ1) is 9.88. The van der Waals surface area contributed by atoms with Gasteiger partial charge in [0.2, 0.25) is 0 Å². The van der Waals surface area contributed by atoms with Crippen LogP contribution in [0.3, 0.4) is 0 Å². The maximum atomic E-state index is 6.03. The minimum absolute atomic E-state index is 0.229. The predicted octanol–water partition coefficient (Wildman–Crippen LogP) is 4.27. The number of rotatable bonds is 6. The maximum absolute atomic E-state index is 6.03. The van der Waals surface area contributed by atoms with E-state index in [2.05, 4.69) is 24.3 Å². The van der Waals surface area contributed by atoms with Crippen molar-refractivity contribution < 1.29 is 9.47 Å². The first-order valence-electron chi connectivity index (χ1n) is 7.45. The van der Waals surface area contributed by atoms with Crippen LogP contribution in [0.15, 0.2) is 54.6 Å². The molecule has 2 atom stereocenters. The molecular weight excluding hydrogens is 248 g/mol. The van der Waals surface area contributed by atoms with Gasteiger partial charge in [0.15, 0.2) is 0 Å². The second-order valence-electron chi connectivity index (χ2n) is 5.14. The number of allylic oxidation sites excluding steroid dienone is 3. The monoisotopic (exact) mass is 272 g/mol. The number of ether oxygens (including phenoxy) is 2. The SMILES string of the molecule is C/C=C/C=C/[C@H]1CCC[C@@H](COCc2ccccc2)O1. The number of hydrogen-bond donors (Lipinski definition) is 0. The van der Waals surface area contributed by atoms with Crippen LogP contribution >= 0.6 is 0 Å². The summed E-state index contributed by atoms with van der Waals surface area (Å²) in [4.78, 5) is 0. The van der Waals surface area contributed by atoms with Gasteiger partial charge < -0.3 is 9.47 Å². The molecule has 0 aromatic heterocycles. The Hall–Kier alpha value is -1.38. The highest BCUT2D eigenvalue weighted by molar-refractivity contribution is 5.13. The molecule has 1 saturated heterocycles. The molecule has 0 unspecified atom stereocenters. The Morgan fingerprint density at radius 3 is 2.85 bits per heavy atom. The van der Waals surface area contributed by atoms with E-state index in [1.807, 2.05) is 37.3 Å². The standard InChI is InChI=1S/C18H24O2/c1-2-3-5-11-17-12-8-13-18(20-17)15-19-14-16-9-6-4-7-10-16/h2-7,9-11,17-18H,8,12-15H2,1H3/b3-2+,11-5+/t17-,18-/m0/s1. The van der Waals surface area contributed by atoms with Gasteiger partial charge in [-0.25, -0.2) is 0 Å². The second kappa shape index (κ2) is 8.72. The van der Waals surface area contributed by atoms with Gasteiger partial charge in [-0.3, -0.25) is 0 Å². The summed E-state index contributed by atoms with van der Waals surface area (Å²) in [6.07, 6.45) is 12.2. The second-order valence-corrected chi connectivity index (χ2v) is 5.14. The Balaban J connectivity index is 1.70. The normalized spacial score (nSPS) is 23.6. The maximum Gasteiger partial charge on any atom is 0.0816 e. The third-order valence-corrected chi connectivity index (χ3v) is 3.43. The van der Waals surface area contributed by atoms with Gasteiger partial charge in [-0.1, -0.05) is 54.6 Å². The van der Waals surface area contributed by atoms with E-state index >= 15 is 0 Å². The van der Waals surface area contributed by atoms with Crippen LogP contribution in [0.5, 0.6) is 0 Å². The molecule has 2 nitrogen and oxygen atoms in total.